The van der Waals surface area contributed by atoms with Crippen LogP contribution in [-0.2, 0) is 0 Å². The lowest BCUT2D eigenvalue weighted by Gasteiger charge is -2.23. The molecule has 0 atom stereocenters. The predicted octanol–water partition coefficient (Wildman–Crippen LogP) is 13.8. The lowest BCUT2D eigenvalue weighted by Crippen LogP contribution is -2.01. The molecule has 0 unspecified atom stereocenters. The van der Waals surface area contributed by atoms with Gasteiger partial charge in [-0.15, -0.1) is 0 Å². The van der Waals surface area contributed by atoms with E-state index in [0.717, 1.165) is 100 Å². The van der Waals surface area contributed by atoms with Gasteiger partial charge in [0.15, 0.2) is 0 Å². The normalized spacial score (nSPS) is 11.2. The van der Waals surface area contributed by atoms with Gasteiger partial charge in [-0.25, -0.2) is 9.97 Å². The molecule has 0 aliphatic carbocycles. The molecule has 3 nitrogen and oxygen atoms in total. The highest BCUT2D eigenvalue weighted by molar-refractivity contribution is 6.06. The molecule has 0 spiro atoms. The zero-order valence-electron chi connectivity index (χ0n) is 30.5. The van der Waals surface area contributed by atoms with Crippen molar-refractivity contribution in [2.24, 2.45) is 0 Å². The van der Waals surface area contributed by atoms with Crippen LogP contribution in [0.1, 0.15) is 0 Å². The Balaban J connectivity index is 1.21. The number of pyridine rings is 3. The van der Waals surface area contributed by atoms with Gasteiger partial charge in [-0.05, 0) is 52.1 Å². The van der Waals surface area contributed by atoms with E-state index < -0.39 is 0 Å². The van der Waals surface area contributed by atoms with Crippen LogP contribution in [0.4, 0.5) is 0 Å². The maximum atomic E-state index is 5.61. The van der Waals surface area contributed by atoms with Crippen LogP contribution in [0.25, 0.3) is 100 Å². The number of benzene rings is 7. The molecule has 0 fully saturated rings. The highest BCUT2D eigenvalue weighted by atomic mass is 14.8. The minimum atomic E-state index is 0.913. The van der Waals surface area contributed by atoms with Gasteiger partial charge in [0.1, 0.15) is 0 Å². The lowest BCUT2D eigenvalue weighted by molar-refractivity contribution is 1.32. The average Bonchev–Trinajstić information content (AvgIpc) is 3.29. The van der Waals surface area contributed by atoms with E-state index in [4.69, 9.17) is 9.97 Å². The molecule has 262 valence electrons. The summed E-state index contributed by atoms with van der Waals surface area (Å²) in [6, 6.07) is 72.8. The fourth-order valence-corrected chi connectivity index (χ4v) is 7.85. The van der Waals surface area contributed by atoms with Gasteiger partial charge >= 0.3 is 0 Å². The van der Waals surface area contributed by atoms with E-state index in [-0.39, 0.29) is 0 Å². The summed E-state index contributed by atoms with van der Waals surface area (Å²) in [5.41, 5.74) is 16.8. The van der Waals surface area contributed by atoms with Gasteiger partial charge in [-0.3, -0.25) is 4.98 Å². The van der Waals surface area contributed by atoms with E-state index in [9.17, 15) is 0 Å². The molecule has 0 bridgehead atoms. The fraction of sp³-hybridized carbons (Fsp3) is 0. The summed E-state index contributed by atoms with van der Waals surface area (Å²) in [6.07, 6.45) is 1.84. The van der Waals surface area contributed by atoms with Crippen LogP contribution in [0.15, 0.2) is 212 Å². The Hall–Kier alpha value is -7.49. The van der Waals surface area contributed by atoms with Crippen molar-refractivity contribution in [1.29, 1.82) is 0 Å². The fourth-order valence-electron chi connectivity index (χ4n) is 7.85. The van der Waals surface area contributed by atoms with Crippen molar-refractivity contribution in [3.05, 3.63) is 212 Å². The summed E-state index contributed by atoms with van der Waals surface area (Å²) < 4.78 is 0. The summed E-state index contributed by atoms with van der Waals surface area (Å²) in [5.74, 6) is 0. The molecule has 3 heterocycles. The molecule has 3 heteroatoms. The first-order valence-electron chi connectivity index (χ1n) is 18.9. The van der Waals surface area contributed by atoms with Gasteiger partial charge in [0.05, 0.1) is 28.1 Å². The first-order chi connectivity index (χ1) is 27.8. The SMILES string of the molecule is c1ccc(-c2nc(-c3ccccc3)c(-c3ccccc3)c(-c3cccc(-c4cccc(-c5ccc6ccc7cccnc7c6n5)c4)c3)c2-c2ccccc2)cc1. The van der Waals surface area contributed by atoms with Crippen molar-refractivity contribution in [1.82, 2.24) is 15.0 Å². The predicted molar refractivity (Wildman–Crippen MR) is 233 cm³/mol. The third-order valence-electron chi connectivity index (χ3n) is 10.5. The van der Waals surface area contributed by atoms with E-state index in [0.29, 0.717) is 0 Å². The number of aromatic nitrogens is 3. The minimum absolute atomic E-state index is 0.913. The molecule has 10 aromatic rings. The van der Waals surface area contributed by atoms with Gasteiger partial charge in [-0.2, -0.15) is 0 Å². The molecule has 7 aromatic carbocycles. The molecule has 3 aromatic heterocycles. The topological polar surface area (TPSA) is 38.7 Å². The largest absolute Gasteiger partial charge is 0.254 e. The molecular weight excluding hydrogens is 679 g/mol. The summed E-state index contributed by atoms with van der Waals surface area (Å²) in [4.78, 5) is 15.5. The molecule has 0 radical (unpaired) electrons. The second kappa shape index (κ2) is 14.4. The monoisotopic (exact) mass is 713 g/mol. The number of hydrogen-bond acceptors (Lipinski definition) is 3. The Morgan fingerprint density at radius 2 is 0.714 bits per heavy atom. The second-order valence-electron chi connectivity index (χ2n) is 14.0. The first kappa shape index (κ1) is 33.1. The van der Waals surface area contributed by atoms with Gasteiger partial charge < -0.3 is 0 Å². The third kappa shape index (κ3) is 6.12. The van der Waals surface area contributed by atoms with Crippen molar-refractivity contribution in [3.63, 3.8) is 0 Å². The second-order valence-corrected chi connectivity index (χ2v) is 14.0. The van der Waals surface area contributed by atoms with Crippen LogP contribution in [0.5, 0.6) is 0 Å². The number of hydrogen-bond donors (Lipinski definition) is 0. The Labute approximate surface area is 326 Å². The summed E-state index contributed by atoms with van der Waals surface area (Å²) >= 11 is 0. The molecule has 0 aliphatic heterocycles. The van der Waals surface area contributed by atoms with Crippen LogP contribution in [0.3, 0.4) is 0 Å². The highest BCUT2D eigenvalue weighted by Crippen LogP contribution is 2.49. The van der Waals surface area contributed by atoms with E-state index in [2.05, 4.69) is 205 Å². The van der Waals surface area contributed by atoms with Crippen LogP contribution < -0.4 is 0 Å². The van der Waals surface area contributed by atoms with E-state index in [1.807, 2.05) is 12.3 Å². The summed E-state index contributed by atoms with van der Waals surface area (Å²) in [5, 5.41) is 2.16. The Morgan fingerprint density at radius 3 is 1.29 bits per heavy atom. The molecule has 0 N–H and O–H groups in total. The molecule has 56 heavy (non-hydrogen) atoms. The summed E-state index contributed by atoms with van der Waals surface area (Å²) in [6.45, 7) is 0. The number of nitrogens with zero attached hydrogens (tertiary/aromatic N) is 3. The minimum Gasteiger partial charge on any atom is -0.254 e. The van der Waals surface area contributed by atoms with Crippen molar-refractivity contribution >= 4 is 21.8 Å². The third-order valence-corrected chi connectivity index (χ3v) is 10.5. The van der Waals surface area contributed by atoms with Gasteiger partial charge in [0.2, 0.25) is 0 Å². The van der Waals surface area contributed by atoms with Crippen molar-refractivity contribution in [2.45, 2.75) is 0 Å². The van der Waals surface area contributed by atoms with Gasteiger partial charge in [0.25, 0.3) is 0 Å². The average molecular weight is 714 g/mol. The molecule has 0 saturated carbocycles. The molecular formula is C53H35N3. The van der Waals surface area contributed by atoms with Gasteiger partial charge in [0, 0.05) is 50.4 Å². The molecule has 0 amide bonds. The molecule has 10 rings (SSSR count). The standard InChI is InChI=1S/C53H35N3/c1-5-16-36(17-6-1)48-47(49(37-18-7-2-8-19-37)51(39-22-11-4-12-23-39)56-50(48)38-20-9-3-10-21-38)45-27-14-25-43(35-45)42-24-13-26-44(34-42)46-32-31-41-30-29-40-28-15-33-54-52(40)53(41)55-46/h1-35H. The highest BCUT2D eigenvalue weighted by Gasteiger charge is 2.25. The van der Waals surface area contributed by atoms with E-state index >= 15 is 0 Å². The maximum Gasteiger partial charge on any atom is 0.0972 e. The molecule has 0 aliphatic rings. The van der Waals surface area contributed by atoms with Crippen LogP contribution >= 0.6 is 0 Å². The Kier molecular flexibility index (Phi) is 8.51. The van der Waals surface area contributed by atoms with E-state index in [1.54, 1.807) is 0 Å². The van der Waals surface area contributed by atoms with Crippen molar-refractivity contribution in [3.8, 4) is 78.3 Å². The van der Waals surface area contributed by atoms with Crippen LogP contribution in [0, 0.1) is 0 Å². The Bertz CT molecular complexity index is 2900. The number of rotatable bonds is 7. The van der Waals surface area contributed by atoms with Gasteiger partial charge in [-0.1, -0.05) is 182 Å². The smallest absolute Gasteiger partial charge is 0.0972 e. The Morgan fingerprint density at radius 1 is 0.268 bits per heavy atom. The zero-order chi connectivity index (χ0) is 37.3. The number of fused-ring (bicyclic) bond motifs is 3. The quantitative estimate of drug-likeness (QED) is 0.154. The van der Waals surface area contributed by atoms with Crippen LogP contribution in [0.2, 0.25) is 0 Å². The zero-order valence-corrected chi connectivity index (χ0v) is 30.5. The first-order valence-corrected chi connectivity index (χ1v) is 18.9. The maximum absolute atomic E-state index is 5.61. The van der Waals surface area contributed by atoms with Crippen molar-refractivity contribution in [2.75, 3.05) is 0 Å². The lowest BCUT2D eigenvalue weighted by atomic mass is 9.82. The van der Waals surface area contributed by atoms with Crippen LogP contribution in [-0.4, -0.2) is 15.0 Å². The summed E-state index contributed by atoms with van der Waals surface area (Å²) in [7, 11) is 0. The van der Waals surface area contributed by atoms with E-state index in [1.165, 1.54) is 0 Å². The molecule has 0 saturated heterocycles. The van der Waals surface area contributed by atoms with Crippen molar-refractivity contribution < 1.29 is 0 Å².